The van der Waals surface area contributed by atoms with Crippen LogP contribution < -0.4 is 23.2 Å². The van der Waals surface area contributed by atoms with Gasteiger partial charge in [-0.15, -0.1) is 8.25 Å². The Morgan fingerprint density at radius 2 is 0.670 bits per heavy atom. The van der Waals surface area contributed by atoms with Crippen molar-refractivity contribution in [1.29, 1.82) is 0 Å². The topological polar surface area (TPSA) is 241 Å². The molecule has 0 spiro atoms. The Morgan fingerprint density at radius 3 is 0.990 bits per heavy atom. The lowest BCUT2D eigenvalue weighted by Gasteiger charge is -2.27. The molecule has 3 aliphatic rings. The summed E-state index contributed by atoms with van der Waals surface area (Å²) in [5.41, 5.74) is 4.17. The monoisotopic (exact) mass is 1440 g/mol. The molecular formula is C70H81F2N7O12S6. The normalized spacial score (nSPS) is 17.0. The summed E-state index contributed by atoms with van der Waals surface area (Å²) < 4.78 is 173. The van der Waals surface area contributed by atoms with E-state index in [4.69, 9.17) is 17.8 Å². The van der Waals surface area contributed by atoms with Crippen LogP contribution in [0.25, 0.3) is 0 Å². The molecule has 8 aromatic rings. The maximum absolute atomic E-state index is 14.8. The van der Waals surface area contributed by atoms with Gasteiger partial charge in [0.2, 0.25) is 29.8 Å². The summed E-state index contributed by atoms with van der Waals surface area (Å²) in [5, 5.41) is 3.22. The van der Waals surface area contributed by atoms with Crippen LogP contribution in [-0.4, -0.2) is 108 Å². The third-order valence-corrected chi connectivity index (χ3v) is 25.3. The molecule has 19 nitrogen and oxygen atoms in total. The van der Waals surface area contributed by atoms with Crippen molar-refractivity contribution >= 4 is 83.0 Å². The van der Waals surface area contributed by atoms with Crippen molar-refractivity contribution in [3.05, 3.63) is 216 Å². The lowest BCUT2D eigenvalue weighted by atomic mass is 9.78. The Balaban J connectivity index is 0.000000214. The van der Waals surface area contributed by atoms with E-state index in [0.29, 0.717) is 30.2 Å². The molecule has 0 aliphatic carbocycles. The van der Waals surface area contributed by atoms with Gasteiger partial charge >= 0.3 is 10.4 Å². The minimum absolute atomic E-state index is 0.00145. The van der Waals surface area contributed by atoms with Crippen molar-refractivity contribution in [2.45, 2.75) is 96.6 Å². The van der Waals surface area contributed by atoms with Gasteiger partial charge in [-0.1, -0.05) is 80.1 Å². The van der Waals surface area contributed by atoms with E-state index in [1.54, 1.807) is 61.2 Å². The average molecular weight is 1440 g/mol. The summed E-state index contributed by atoms with van der Waals surface area (Å²) in [7, 11) is -19.1. The number of halogens is 2. The predicted molar refractivity (Wildman–Crippen MR) is 380 cm³/mol. The first-order valence-electron chi connectivity index (χ1n) is 31.3. The van der Waals surface area contributed by atoms with Gasteiger partial charge in [-0.3, -0.25) is 0 Å². The van der Waals surface area contributed by atoms with Gasteiger partial charge in [-0.2, -0.15) is 25.8 Å². The molecule has 1 N–H and O–H groups in total. The van der Waals surface area contributed by atoms with E-state index in [9.17, 15) is 41.4 Å². The Bertz CT molecular complexity index is 4770. The molecule has 11 rings (SSSR count). The van der Waals surface area contributed by atoms with E-state index in [-0.39, 0.29) is 47.5 Å². The van der Waals surface area contributed by atoms with Crippen molar-refractivity contribution in [2.24, 2.45) is 17.5 Å². The lowest BCUT2D eigenvalue weighted by molar-refractivity contribution is 0.414. The van der Waals surface area contributed by atoms with Crippen molar-refractivity contribution in [3.63, 3.8) is 0 Å². The van der Waals surface area contributed by atoms with Crippen LogP contribution in [0.4, 0.5) is 30.5 Å². The summed E-state index contributed by atoms with van der Waals surface area (Å²) >= 11 is 0. The van der Waals surface area contributed by atoms with Gasteiger partial charge in [0.15, 0.2) is 0 Å². The Hall–Kier alpha value is -7.60. The highest BCUT2D eigenvalue weighted by molar-refractivity contribution is 7.92. The van der Waals surface area contributed by atoms with Gasteiger partial charge in [-0.05, 0) is 219 Å². The van der Waals surface area contributed by atoms with Crippen LogP contribution in [0.5, 0.6) is 23.0 Å². The smallest absolute Gasteiger partial charge is 0.382 e. The molecule has 518 valence electrons. The number of hydrogen-bond acceptors (Lipinski definition) is 17. The molecule has 3 fully saturated rings. The van der Waals surface area contributed by atoms with Gasteiger partial charge in [0.1, 0.15) is 32.9 Å². The quantitative estimate of drug-likeness (QED) is 0.0699. The molecule has 0 amide bonds. The first-order valence-corrected chi connectivity index (χ1v) is 40.7. The average Bonchev–Trinajstić information content (AvgIpc) is 1.33. The molecule has 0 radical (unpaired) electrons. The van der Waals surface area contributed by atoms with Gasteiger partial charge in [0.05, 0.1) is 56.6 Å². The van der Waals surface area contributed by atoms with Crippen LogP contribution in [0.3, 0.4) is 0 Å². The summed E-state index contributed by atoms with van der Waals surface area (Å²) in [6, 6.07) is 51.3. The molecule has 3 heterocycles. The first kappa shape index (κ1) is 73.6. The fraction of sp³-hybridized carbons (Fsp3) is 0.314. The van der Waals surface area contributed by atoms with Gasteiger partial charge in [-0.25, -0.2) is 29.6 Å². The van der Waals surface area contributed by atoms with Crippen molar-refractivity contribution in [2.75, 3.05) is 66.0 Å². The maximum atomic E-state index is 14.8. The Kier molecular flexibility index (Phi) is 23.6. The third-order valence-electron chi connectivity index (χ3n) is 16.6. The second kappa shape index (κ2) is 31.1. The molecule has 0 aromatic heterocycles. The van der Waals surface area contributed by atoms with Crippen LogP contribution in [0.1, 0.15) is 88.5 Å². The second-order valence-electron chi connectivity index (χ2n) is 24.3. The SMILES string of the molecule is C1CCNC1.COc1ccc(C(C)(C)c2ccc(OS(=O)(=Nc3ccc(S(=O)(=O)c4ccc(N=S(C)(=O)N5CCCC5)cc4)cc3)N3CCCC3)cc2)cc1.COc1ccc(C(C)(C)c2ccc(OS(=O)(F)=Nc3ccc(S(=O)(=O)c4ccc(N=S(C)(=O)F)cc4)cc3)cc2)cc1. The van der Waals surface area contributed by atoms with Crippen LogP contribution >= 0.6 is 0 Å². The molecule has 97 heavy (non-hydrogen) atoms. The second-order valence-corrected chi connectivity index (χ2v) is 35.0. The fourth-order valence-electron chi connectivity index (χ4n) is 10.9. The number of sulfone groups is 2. The first-order chi connectivity index (χ1) is 45.9. The zero-order valence-electron chi connectivity index (χ0n) is 55.2. The number of nitrogens with zero attached hydrogens (tertiary/aromatic N) is 6. The Morgan fingerprint density at radius 1 is 0.371 bits per heavy atom. The number of rotatable bonds is 20. The molecular weight excluding hydrogens is 1360 g/mol. The fourth-order valence-corrected chi connectivity index (χ4v) is 18.0. The van der Waals surface area contributed by atoms with E-state index in [1.165, 1.54) is 111 Å². The predicted octanol–water partition coefficient (Wildman–Crippen LogP) is 15.5. The van der Waals surface area contributed by atoms with Crippen molar-refractivity contribution in [3.8, 4) is 23.0 Å². The van der Waals surface area contributed by atoms with Gasteiger partial charge in [0, 0.05) is 49.5 Å². The highest BCUT2D eigenvalue weighted by Gasteiger charge is 2.30. The van der Waals surface area contributed by atoms with E-state index in [1.807, 2.05) is 90.9 Å². The summed E-state index contributed by atoms with van der Waals surface area (Å²) in [5.74, 6) is 1.96. The van der Waals surface area contributed by atoms with Crippen LogP contribution in [-0.2, 0) is 71.1 Å². The summed E-state index contributed by atoms with van der Waals surface area (Å²) in [4.78, 5) is -0.102. The number of hydrogen-bond donors (Lipinski definition) is 1. The van der Waals surface area contributed by atoms with Crippen LogP contribution in [0, 0.1) is 0 Å². The zero-order valence-corrected chi connectivity index (χ0v) is 60.1. The van der Waals surface area contributed by atoms with E-state index < -0.39 is 60.3 Å². The highest BCUT2D eigenvalue weighted by Crippen LogP contribution is 2.37. The number of nitrogens with one attached hydrogen (secondary N) is 1. The molecule has 4 unspecified atom stereocenters. The molecule has 3 aliphatic heterocycles. The van der Waals surface area contributed by atoms with E-state index in [0.717, 1.165) is 78.8 Å². The van der Waals surface area contributed by atoms with Gasteiger partial charge in [0.25, 0.3) is 10.2 Å². The molecule has 4 atom stereocenters. The Labute approximate surface area is 571 Å². The summed E-state index contributed by atoms with van der Waals surface area (Å²) in [6.07, 6.45) is 8.94. The lowest BCUT2D eigenvalue weighted by Crippen LogP contribution is -2.31. The third kappa shape index (κ3) is 19.2. The maximum Gasteiger partial charge on any atom is 0.382 e. The molecule has 8 aromatic carbocycles. The van der Waals surface area contributed by atoms with E-state index in [2.05, 4.69) is 36.6 Å². The van der Waals surface area contributed by atoms with Crippen LogP contribution in [0.2, 0.25) is 0 Å². The minimum atomic E-state index is -4.67. The zero-order chi connectivity index (χ0) is 69.9. The van der Waals surface area contributed by atoms with Crippen LogP contribution in [0.15, 0.2) is 231 Å². The summed E-state index contributed by atoms with van der Waals surface area (Å²) in [6.45, 7) is 13.5. The molecule has 0 bridgehead atoms. The number of methoxy groups -OCH3 is 2. The molecule has 3 saturated heterocycles. The highest BCUT2D eigenvalue weighted by atomic mass is 32.3. The minimum Gasteiger partial charge on any atom is -0.497 e. The van der Waals surface area contributed by atoms with Gasteiger partial charge < -0.3 is 23.2 Å². The standard InChI is InChI=1S/C37H44N4O6S3.C29H28F2N2O6S3.C4H9N/c1-37(2,29-9-17-33(46-3)18-10-29)30-11-19-34(20-12-30)47-50(45,41-27-7-8-28-41)39-32-15-23-36(24-16-32)49(43,44)35-21-13-31(14-22-35)38-48(4,42)40-25-5-6-26-40;1-29(2,21-5-13-25(38-3)14-6-21)22-7-15-26(16-8-22)39-42(31,37)33-24-11-19-28(20-12-24)41(35,36)27-17-9-23(10-18-27)32-40(4,30)34;1-2-4-5-3-1/h9-24H,5-8,25-28H2,1-4H3;5-20H,1-4H3;5H,1-4H2. The van der Waals surface area contributed by atoms with Crippen molar-refractivity contribution < 1.29 is 59.3 Å². The number of benzene rings is 8. The van der Waals surface area contributed by atoms with E-state index >= 15 is 0 Å². The number of ether oxygens (including phenoxy) is 2. The molecule has 27 heteroatoms. The largest absolute Gasteiger partial charge is 0.497 e. The molecule has 0 saturated carbocycles. The van der Waals surface area contributed by atoms with Crippen molar-refractivity contribution in [1.82, 2.24) is 13.9 Å².